The SMILES string of the molecule is Cc1ccc(N(c2ccc3c(c2)[C@]24CC(C)C[C@]2(CC(C)C4)c2cc(N(c4ccc(C)cc4)c4c(C)cc(C(C)(C)C)cc4C)ccc2-3)c2c(C)cc(C(C)(C)C)cc2C)cc1. The Labute approximate surface area is 374 Å². The second kappa shape index (κ2) is 14.8. The zero-order valence-corrected chi connectivity index (χ0v) is 40.3. The van der Waals surface area contributed by atoms with Crippen LogP contribution in [0.2, 0.25) is 0 Å². The van der Waals surface area contributed by atoms with Crippen molar-refractivity contribution in [2.75, 3.05) is 9.80 Å². The van der Waals surface area contributed by atoms with Crippen LogP contribution in [0.15, 0.2) is 109 Å². The van der Waals surface area contributed by atoms with Gasteiger partial charge in [0.1, 0.15) is 0 Å². The Balaban J connectivity index is 1.27. The largest absolute Gasteiger partial charge is 0.310 e. The van der Waals surface area contributed by atoms with E-state index in [1.54, 1.807) is 11.1 Å². The zero-order valence-electron chi connectivity index (χ0n) is 40.3. The molecule has 0 atom stereocenters. The number of fused-ring (bicyclic) bond motifs is 3. The molecule has 62 heavy (non-hydrogen) atoms. The highest BCUT2D eigenvalue weighted by atomic mass is 15.2. The summed E-state index contributed by atoms with van der Waals surface area (Å²) in [6, 6.07) is 43.2. The highest BCUT2D eigenvalue weighted by Gasteiger charge is 2.65. The molecule has 0 spiro atoms. The normalized spacial score (nSPS) is 21.6. The Hall–Kier alpha value is -5.08. The smallest absolute Gasteiger partial charge is 0.0520 e. The highest BCUT2D eigenvalue weighted by Crippen LogP contribution is 2.72. The van der Waals surface area contributed by atoms with Gasteiger partial charge in [-0.25, -0.2) is 0 Å². The van der Waals surface area contributed by atoms with E-state index in [1.807, 2.05) is 0 Å². The zero-order chi connectivity index (χ0) is 44.3. The van der Waals surface area contributed by atoms with Crippen LogP contribution in [0, 0.1) is 53.4 Å². The molecule has 0 radical (unpaired) electrons. The third kappa shape index (κ3) is 6.74. The van der Waals surface area contributed by atoms with Crippen LogP contribution in [0.4, 0.5) is 34.1 Å². The minimum Gasteiger partial charge on any atom is -0.310 e. The lowest BCUT2D eigenvalue weighted by atomic mass is 9.55. The molecule has 0 heterocycles. The Morgan fingerprint density at radius 1 is 0.403 bits per heavy atom. The van der Waals surface area contributed by atoms with Crippen molar-refractivity contribution >= 4 is 34.1 Å². The van der Waals surface area contributed by atoms with Gasteiger partial charge in [-0.15, -0.1) is 0 Å². The molecule has 320 valence electrons. The molecule has 0 amide bonds. The van der Waals surface area contributed by atoms with Gasteiger partial charge in [-0.05, 0) is 194 Å². The van der Waals surface area contributed by atoms with E-state index in [4.69, 9.17) is 0 Å². The van der Waals surface area contributed by atoms with Gasteiger partial charge in [-0.1, -0.05) is 127 Å². The molecule has 2 heteroatoms. The van der Waals surface area contributed by atoms with Crippen LogP contribution in [0.3, 0.4) is 0 Å². The van der Waals surface area contributed by atoms with Crippen molar-refractivity contribution in [3.8, 4) is 11.1 Å². The quantitative estimate of drug-likeness (QED) is 0.165. The minimum atomic E-state index is 0.0663. The molecule has 6 aromatic carbocycles. The molecule has 2 saturated carbocycles. The standard InChI is InChI=1S/C60H70N2/c1-37-15-19-47(20-16-37)61(55-41(5)27-45(28-42(55)6)57(9,10)11)49-23-25-51-52-26-24-50(32-54(52)60-35-39(3)33-59(60,53(51)31-49)34-40(4)36-60)62(48-21-17-38(2)18-22-48)56-43(7)29-46(30-44(56)8)58(12,13)14/h15-32,39-40H,33-36H2,1-14H3/t39?,40?,59-,60+. The van der Waals surface area contributed by atoms with E-state index in [0.717, 1.165) is 0 Å². The Kier molecular flexibility index (Phi) is 10.0. The molecule has 6 aromatic rings. The first-order valence-electron chi connectivity index (χ1n) is 23.5. The molecule has 0 aliphatic heterocycles. The predicted octanol–water partition coefficient (Wildman–Crippen LogP) is 17.1. The summed E-state index contributed by atoms with van der Waals surface area (Å²) in [5.41, 5.74) is 24.4. The molecule has 2 nitrogen and oxygen atoms in total. The van der Waals surface area contributed by atoms with Crippen molar-refractivity contribution < 1.29 is 0 Å². The summed E-state index contributed by atoms with van der Waals surface area (Å²) in [5, 5.41) is 0. The van der Waals surface area contributed by atoms with Gasteiger partial charge in [-0.3, -0.25) is 0 Å². The topological polar surface area (TPSA) is 6.48 Å². The molecule has 3 aliphatic rings. The van der Waals surface area contributed by atoms with Gasteiger partial charge in [-0.2, -0.15) is 0 Å². The van der Waals surface area contributed by atoms with E-state index in [-0.39, 0.29) is 21.7 Å². The third-order valence-corrected chi connectivity index (χ3v) is 15.3. The summed E-state index contributed by atoms with van der Waals surface area (Å²) in [7, 11) is 0. The molecule has 0 N–H and O–H groups in total. The van der Waals surface area contributed by atoms with E-state index in [1.165, 1.54) is 115 Å². The van der Waals surface area contributed by atoms with E-state index < -0.39 is 0 Å². The Morgan fingerprint density at radius 2 is 0.694 bits per heavy atom. The van der Waals surface area contributed by atoms with Crippen LogP contribution in [0.1, 0.15) is 137 Å². The average molecular weight is 819 g/mol. The second-order valence-corrected chi connectivity index (χ2v) is 22.4. The summed E-state index contributed by atoms with van der Waals surface area (Å²) in [6.07, 6.45) is 4.92. The number of rotatable bonds is 6. The van der Waals surface area contributed by atoms with E-state index in [0.29, 0.717) is 11.8 Å². The molecule has 2 fully saturated rings. The molecule has 9 rings (SSSR count). The second-order valence-electron chi connectivity index (χ2n) is 22.4. The molecular formula is C60H70N2. The first kappa shape index (κ1) is 42.2. The van der Waals surface area contributed by atoms with E-state index in [2.05, 4.69) is 216 Å². The summed E-state index contributed by atoms with van der Waals surface area (Å²) in [6.45, 7) is 32.7. The maximum atomic E-state index is 2.65. The van der Waals surface area contributed by atoms with Gasteiger partial charge in [0.2, 0.25) is 0 Å². The van der Waals surface area contributed by atoms with Crippen molar-refractivity contribution in [3.63, 3.8) is 0 Å². The highest BCUT2D eigenvalue weighted by molar-refractivity contribution is 5.89. The summed E-state index contributed by atoms with van der Waals surface area (Å²) >= 11 is 0. The lowest BCUT2D eigenvalue weighted by Gasteiger charge is -2.48. The number of hydrogen-bond acceptors (Lipinski definition) is 2. The summed E-state index contributed by atoms with van der Waals surface area (Å²) < 4.78 is 0. The number of nitrogens with zero attached hydrogens (tertiary/aromatic N) is 2. The number of aryl methyl sites for hydroxylation is 6. The van der Waals surface area contributed by atoms with Crippen molar-refractivity contribution in [3.05, 3.63) is 165 Å². The minimum absolute atomic E-state index is 0.0663. The van der Waals surface area contributed by atoms with E-state index >= 15 is 0 Å². The molecule has 0 bridgehead atoms. The summed E-state index contributed by atoms with van der Waals surface area (Å²) in [4.78, 5) is 5.14. The Morgan fingerprint density at radius 3 is 0.984 bits per heavy atom. The predicted molar refractivity (Wildman–Crippen MR) is 267 cm³/mol. The fraction of sp³-hybridized carbons (Fsp3) is 0.400. The van der Waals surface area contributed by atoms with Crippen LogP contribution in [0.5, 0.6) is 0 Å². The van der Waals surface area contributed by atoms with Crippen molar-refractivity contribution in [1.29, 1.82) is 0 Å². The number of benzene rings is 6. The van der Waals surface area contributed by atoms with Crippen molar-refractivity contribution in [2.24, 2.45) is 11.8 Å². The maximum Gasteiger partial charge on any atom is 0.0520 e. The van der Waals surface area contributed by atoms with Crippen LogP contribution in [0.25, 0.3) is 11.1 Å². The van der Waals surface area contributed by atoms with Gasteiger partial charge >= 0.3 is 0 Å². The van der Waals surface area contributed by atoms with Crippen molar-refractivity contribution in [1.82, 2.24) is 0 Å². The first-order chi connectivity index (χ1) is 29.2. The average Bonchev–Trinajstić information content (AvgIpc) is 3.65. The van der Waals surface area contributed by atoms with Crippen LogP contribution >= 0.6 is 0 Å². The van der Waals surface area contributed by atoms with Gasteiger partial charge in [0.25, 0.3) is 0 Å². The Bertz CT molecular complexity index is 2450. The van der Waals surface area contributed by atoms with Crippen LogP contribution in [-0.2, 0) is 21.7 Å². The molecule has 0 unspecified atom stereocenters. The molecular weight excluding hydrogens is 749 g/mol. The fourth-order valence-corrected chi connectivity index (χ4v) is 12.7. The maximum absolute atomic E-state index is 2.65. The number of anilines is 6. The van der Waals surface area contributed by atoms with Gasteiger partial charge in [0, 0.05) is 33.6 Å². The van der Waals surface area contributed by atoms with Crippen molar-refractivity contribution in [2.45, 2.75) is 144 Å². The lowest BCUT2D eigenvalue weighted by molar-refractivity contribution is 0.299. The number of hydrogen-bond donors (Lipinski definition) is 0. The summed E-state index contributed by atoms with van der Waals surface area (Å²) in [5.74, 6) is 1.28. The van der Waals surface area contributed by atoms with Crippen LogP contribution in [-0.4, -0.2) is 0 Å². The molecule has 0 aromatic heterocycles. The van der Waals surface area contributed by atoms with Gasteiger partial charge in [0.05, 0.1) is 11.4 Å². The van der Waals surface area contributed by atoms with Gasteiger partial charge < -0.3 is 9.80 Å². The fourth-order valence-electron chi connectivity index (χ4n) is 12.7. The monoisotopic (exact) mass is 819 g/mol. The van der Waals surface area contributed by atoms with Gasteiger partial charge in [0.15, 0.2) is 0 Å². The molecule has 3 aliphatic carbocycles. The third-order valence-electron chi connectivity index (χ3n) is 15.3. The first-order valence-corrected chi connectivity index (χ1v) is 23.5. The lowest BCUT2D eigenvalue weighted by Crippen LogP contribution is -2.43. The molecule has 0 saturated heterocycles. The van der Waals surface area contributed by atoms with E-state index in [9.17, 15) is 0 Å². The van der Waals surface area contributed by atoms with Crippen LogP contribution < -0.4 is 9.80 Å².